The molecule has 3 rings (SSSR count). The number of alkyl carbamates (subject to hydrolysis) is 1. The maximum atomic E-state index is 12.4. The van der Waals surface area contributed by atoms with E-state index in [2.05, 4.69) is 15.3 Å². The average molecular weight is 377 g/mol. The first-order valence-corrected chi connectivity index (χ1v) is 9.23. The number of carbonyl (C=O) groups is 1. The summed E-state index contributed by atoms with van der Waals surface area (Å²) in [6, 6.07) is -0.394. The summed E-state index contributed by atoms with van der Waals surface area (Å²) in [5.74, 6) is 0.749. The quantitative estimate of drug-likeness (QED) is 0.846. The van der Waals surface area contributed by atoms with E-state index in [1.54, 1.807) is 18.7 Å². The molecule has 1 atom stereocenters. The molecule has 0 radical (unpaired) electrons. The van der Waals surface area contributed by atoms with Crippen LogP contribution >= 0.6 is 0 Å². The highest BCUT2D eigenvalue weighted by Gasteiger charge is 2.33. The molecule has 0 aliphatic heterocycles. The molecule has 1 saturated carbocycles. The molecular formula is C18H27N5O4. The van der Waals surface area contributed by atoms with Crippen LogP contribution in [0.25, 0.3) is 11.2 Å². The predicted octanol–water partition coefficient (Wildman–Crippen LogP) is 1.72. The number of aromatic amines is 1. The Labute approximate surface area is 156 Å². The van der Waals surface area contributed by atoms with Crippen molar-refractivity contribution in [1.82, 2.24) is 24.4 Å². The van der Waals surface area contributed by atoms with Gasteiger partial charge in [0, 0.05) is 14.1 Å². The van der Waals surface area contributed by atoms with Crippen molar-refractivity contribution in [2.45, 2.75) is 58.1 Å². The molecule has 1 unspecified atom stereocenters. The fraction of sp³-hybridized carbons (Fsp3) is 0.667. The lowest BCUT2D eigenvalue weighted by Crippen LogP contribution is -2.38. The van der Waals surface area contributed by atoms with Crippen molar-refractivity contribution >= 4 is 17.3 Å². The molecule has 27 heavy (non-hydrogen) atoms. The number of nitrogens with zero attached hydrogens (tertiary/aromatic N) is 3. The van der Waals surface area contributed by atoms with Gasteiger partial charge in [0.2, 0.25) is 0 Å². The molecule has 1 amide bonds. The number of carbonyl (C=O) groups excluding carboxylic acids is 1. The van der Waals surface area contributed by atoms with Crippen molar-refractivity contribution in [1.29, 1.82) is 0 Å². The van der Waals surface area contributed by atoms with Crippen LogP contribution in [0.15, 0.2) is 9.59 Å². The van der Waals surface area contributed by atoms with Crippen LogP contribution in [-0.4, -0.2) is 30.8 Å². The van der Waals surface area contributed by atoms with E-state index in [9.17, 15) is 14.4 Å². The standard InChI is InChI=1S/C18H27N5O4/c1-18(2,3)27-17(26)19-11(10-8-6-7-9-10)13-20-14-12(22(13)4)15(24)21-16(25)23(14)5/h10-11H,6-9H2,1-5H3,(H,19,26)(H,21,24,25). The van der Waals surface area contributed by atoms with Crippen LogP contribution in [0.2, 0.25) is 0 Å². The summed E-state index contributed by atoms with van der Waals surface area (Å²) in [6.45, 7) is 5.42. The zero-order chi connectivity index (χ0) is 19.9. The van der Waals surface area contributed by atoms with E-state index >= 15 is 0 Å². The number of nitrogens with one attached hydrogen (secondary N) is 2. The van der Waals surface area contributed by atoms with Gasteiger partial charge in [-0.3, -0.25) is 14.3 Å². The Morgan fingerprint density at radius 2 is 1.85 bits per heavy atom. The second-order valence-electron chi connectivity index (χ2n) is 8.19. The molecule has 2 N–H and O–H groups in total. The van der Waals surface area contributed by atoms with Gasteiger partial charge in [-0.25, -0.2) is 14.6 Å². The van der Waals surface area contributed by atoms with Crippen molar-refractivity contribution < 1.29 is 9.53 Å². The Bertz CT molecular complexity index is 973. The highest BCUT2D eigenvalue weighted by atomic mass is 16.6. The van der Waals surface area contributed by atoms with Gasteiger partial charge in [-0.2, -0.15) is 0 Å². The maximum Gasteiger partial charge on any atom is 0.408 e. The zero-order valence-electron chi connectivity index (χ0n) is 16.5. The lowest BCUT2D eigenvalue weighted by atomic mass is 9.97. The van der Waals surface area contributed by atoms with E-state index < -0.39 is 29.0 Å². The molecule has 2 aromatic heterocycles. The third-order valence-electron chi connectivity index (χ3n) is 4.99. The third-order valence-corrected chi connectivity index (χ3v) is 4.99. The van der Waals surface area contributed by atoms with Crippen molar-refractivity contribution in [2.24, 2.45) is 20.0 Å². The van der Waals surface area contributed by atoms with Gasteiger partial charge in [0.05, 0.1) is 6.04 Å². The fourth-order valence-corrected chi connectivity index (χ4v) is 3.72. The van der Waals surface area contributed by atoms with Crippen LogP contribution in [0.1, 0.15) is 58.3 Å². The molecule has 0 saturated heterocycles. The topological polar surface area (TPSA) is 111 Å². The monoisotopic (exact) mass is 377 g/mol. The fourth-order valence-electron chi connectivity index (χ4n) is 3.72. The van der Waals surface area contributed by atoms with Crippen molar-refractivity contribution in [3.63, 3.8) is 0 Å². The number of aryl methyl sites for hydroxylation is 2. The van der Waals surface area contributed by atoms with Crippen LogP contribution in [0.4, 0.5) is 4.79 Å². The van der Waals surface area contributed by atoms with Gasteiger partial charge < -0.3 is 14.6 Å². The number of hydrogen-bond acceptors (Lipinski definition) is 5. The Morgan fingerprint density at radius 1 is 1.22 bits per heavy atom. The number of imidazole rings is 1. The third kappa shape index (κ3) is 3.77. The first-order valence-electron chi connectivity index (χ1n) is 9.23. The number of rotatable bonds is 3. The number of amides is 1. The SMILES string of the molecule is Cn1c(C(NC(=O)OC(C)(C)C)C2CCCC2)nc2c1c(=O)[nH]c(=O)n2C. The van der Waals surface area contributed by atoms with Crippen LogP contribution in [0.3, 0.4) is 0 Å². The molecule has 1 aliphatic carbocycles. The van der Waals surface area contributed by atoms with Crippen LogP contribution in [0.5, 0.6) is 0 Å². The molecule has 1 aliphatic rings. The molecular weight excluding hydrogens is 350 g/mol. The van der Waals surface area contributed by atoms with Crippen LogP contribution < -0.4 is 16.6 Å². The molecule has 2 aromatic rings. The Morgan fingerprint density at radius 3 is 2.44 bits per heavy atom. The Kier molecular flexibility index (Phi) is 4.88. The number of H-pyrrole nitrogens is 1. The molecule has 148 valence electrons. The summed E-state index contributed by atoms with van der Waals surface area (Å²) < 4.78 is 8.39. The number of ether oxygens (including phenoxy) is 1. The summed E-state index contributed by atoms with van der Waals surface area (Å²) in [5, 5.41) is 2.94. The second-order valence-corrected chi connectivity index (χ2v) is 8.19. The van der Waals surface area contributed by atoms with Crippen LogP contribution in [-0.2, 0) is 18.8 Å². The van der Waals surface area contributed by atoms with E-state index in [0.29, 0.717) is 17.0 Å². The number of aromatic nitrogens is 4. The molecule has 0 spiro atoms. The minimum atomic E-state index is -0.613. The number of fused-ring (bicyclic) bond motifs is 1. The first-order chi connectivity index (χ1) is 12.6. The summed E-state index contributed by atoms with van der Waals surface area (Å²) in [7, 11) is 3.28. The Hall–Kier alpha value is -2.58. The summed E-state index contributed by atoms with van der Waals surface area (Å²) in [6.07, 6.45) is 3.56. The van der Waals surface area contributed by atoms with E-state index in [-0.39, 0.29) is 5.92 Å². The molecule has 9 heteroatoms. The number of hydrogen-bond donors (Lipinski definition) is 2. The molecule has 9 nitrogen and oxygen atoms in total. The highest BCUT2D eigenvalue weighted by Crippen LogP contribution is 2.36. The van der Waals surface area contributed by atoms with Crippen molar-refractivity contribution in [2.75, 3.05) is 0 Å². The normalized spacial score (nSPS) is 16.6. The van der Waals surface area contributed by atoms with Crippen molar-refractivity contribution in [3.8, 4) is 0 Å². The highest BCUT2D eigenvalue weighted by molar-refractivity contribution is 5.72. The van der Waals surface area contributed by atoms with Gasteiger partial charge in [-0.05, 0) is 39.5 Å². The first kappa shape index (κ1) is 19.2. The van der Waals surface area contributed by atoms with E-state index in [1.165, 1.54) is 4.57 Å². The van der Waals surface area contributed by atoms with Crippen LogP contribution in [0, 0.1) is 5.92 Å². The summed E-state index contributed by atoms with van der Waals surface area (Å²) in [5.41, 5.74) is -1.01. The maximum absolute atomic E-state index is 12.4. The second kappa shape index (κ2) is 6.86. The Balaban J connectivity index is 2.07. The predicted molar refractivity (Wildman–Crippen MR) is 101 cm³/mol. The molecule has 1 fully saturated rings. The summed E-state index contributed by atoms with van der Waals surface area (Å²) in [4.78, 5) is 43.5. The van der Waals surface area contributed by atoms with E-state index in [4.69, 9.17) is 4.74 Å². The van der Waals surface area contributed by atoms with Gasteiger partial charge in [0.25, 0.3) is 5.56 Å². The molecule has 2 heterocycles. The molecule has 0 aromatic carbocycles. The molecule has 0 bridgehead atoms. The average Bonchev–Trinajstić information content (AvgIpc) is 3.17. The lowest BCUT2D eigenvalue weighted by Gasteiger charge is -2.26. The van der Waals surface area contributed by atoms with E-state index in [1.807, 2.05) is 20.8 Å². The smallest absolute Gasteiger partial charge is 0.408 e. The van der Waals surface area contributed by atoms with Gasteiger partial charge in [0.1, 0.15) is 11.4 Å². The minimum Gasteiger partial charge on any atom is -0.444 e. The lowest BCUT2D eigenvalue weighted by molar-refractivity contribution is 0.0481. The van der Waals surface area contributed by atoms with Gasteiger partial charge >= 0.3 is 11.8 Å². The largest absolute Gasteiger partial charge is 0.444 e. The van der Waals surface area contributed by atoms with Gasteiger partial charge in [-0.15, -0.1) is 0 Å². The van der Waals surface area contributed by atoms with Gasteiger partial charge in [-0.1, -0.05) is 12.8 Å². The van der Waals surface area contributed by atoms with E-state index in [0.717, 1.165) is 25.7 Å². The zero-order valence-corrected chi connectivity index (χ0v) is 16.5. The minimum absolute atomic E-state index is 0.198. The summed E-state index contributed by atoms with van der Waals surface area (Å²) >= 11 is 0. The van der Waals surface area contributed by atoms with Crippen molar-refractivity contribution in [3.05, 3.63) is 26.7 Å². The van der Waals surface area contributed by atoms with Gasteiger partial charge in [0.15, 0.2) is 11.2 Å².